The fraction of sp³-hybridized carbons (Fsp3) is 0.0952. The summed E-state index contributed by atoms with van der Waals surface area (Å²) in [6.07, 6.45) is 0. The van der Waals surface area contributed by atoms with Gasteiger partial charge in [0.2, 0.25) is 0 Å². The van der Waals surface area contributed by atoms with E-state index in [9.17, 15) is 4.79 Å². The number of methoxy groups -OCH3 is 2. The third kappa shape index (κ3) is 4.51. The number of nitrogens with one attached hydrogen (secondary N) is 1. The van der Waals surface area contributed by atoms with Gasteiger partial charge in [-0.2, -0.15) is 0 Å². The third-order valence-electron chi connectivity index (χ3n) is 3.79. The van der Waals surface area contributed by atoms with Crippen LogP contribution in [-0.4, -0.2) is 20.1 Å². The highest BCUT2D eigenvalue weighted by Gasteiger charge is 2.15. The third-order valence-corrected chi connectivity index (χ3v) is 4.07. The van der Waals surface area contributed by atoms with Gasteiger partial charge in [-0.05, 0) is 48.5 Å². The highest BCUT2D eigenvalue weighted by molar-refractivity contribution is 6.32. The Kier molecular flexibility index (Phi) is 5.84. The van der Waals surface area contributed by atoms with Crippen LogP contribution in [0.25, 0.3) is 0 Å². The van der Waals surface area contributed by atoms with E-state index in [0.29, 0.717) is 33.5 Å². The molecule has 0 saturated carbocycles. The van der Waals surface area contributed by atoms with Gasteiger partial charge >= 0.3 is 0 Å². The maximum absolute atomic E-state index is 12.5. The van der Waals surface area contributed by atoms with Crippen molar-refractivity contribution in [2.75, 3.05) is 19.5 Å². The van der Waals surface area contributed by atoms with Gasteiger partial charge < -0.3 is 19.5 Å². The number of hydrogen-bond donors (Lipinski definition) is 1. The van der Waals surface area contributed by atoms with Crippen molar-refractivity contribution in [1.29, 1.82) is 0 Å². The van der Waals surface area contributed by atoms with Crippen LogP contribution in [0.4, 0.5) is 5.69 Å². The second kappa shape index (κ2) is 8.47. The Morgan fingerprint density at radius 3 is 2.19 bits per heavy atom. The maximum Gasteiger partial charge on any atom is 0.255 e. The van der Waals surface area contributed by atoms with Gasteiger partial charge in [0, 0.05) is 11.3 Å². The largest absolute Gasteiger partial charge is 0.493 e. The minimum atomic E-state index is -0.311. The van der Waals surface area contributed by atoms with Gasteiger partial charge in [0.1, 0.15) is 11.5 Å². The molecular weight excluding hydrogens is 366 g/mol. The Morgan fingerprint density at radius 1 is 0.889 bits per heavy atom. The zero-order valence-corrected chi connectivity index (χ0v) is 15.6. The first-order valence-electron chi connectivity index (χ1n) is 8.16. The molecule has 0 atom stereocenters. The predicted molar refractivity (Wildman–Crippen MR) is 105 cm³/mol. The van der Waals surface area contributed by atoms with E-state index in [-0.39, 0.29) is 5.91 Å². The molecule has 0 bridgehead atoms. The number of carbonyl (C=O) groups excluding carboxylic acids is 1. The van der Waals surface area contributed by atoms with Crippen LogP contribution in [0, 0.1) is 0 Å². The highest BCUT2D eigenvalue weighted by Crippen LogP contribution is 2.36. The van der Waals surface area contributed by atoms with Crippen LogP contribution in [0.3, 0.4) is 0 Å². The summed E-state index contributed by atoms with van der Waals surface area (Å²) < 4.78 is 16.1. The lowest BCUT2D eigenvalue weighted by Crippen LogP contribution is -2.12. The molecule has 1 N–H and O–H groups in total. The van der Waals surface area contributed by atoms with Gasteiger partial charge in [0.25, 0.3) is 5.91 Å². The van der Waals surface area contributed by atoms with Gasteiger partial charge in [-0.15, -0.1) is 0 Å². The van der Waals surface area contributed by atoms with Crippen LogP contribution >= 0.6 is 11.6 Å². The summed E-state index contributed by atoms with van der Waals surface area (Å²) in [4.78, 5) is 12.5. The van der Waals surface area contributed by atoms with Crippen LogP contribution in [0.5, 0.6) is 23.0 Å². The van der Waals surface area contributed by atoms with E-state index in [1.54, 1.807) is 30.3 Å². The predicted octanol–water partition coefficient (Wildman–Crippen LogP) is 5.40. The normalized spacial score (nSPS) is 10.2. The first-order valence-corrected chi connectivity index (χ1v) is 8.54. The minimum absolute atomic E-state index is 0.300. The Balaban J connectivity index is 1.72. The topological polar surface area (TPSA) is 56.8 Å². The van der Waals surface area contributed by atoms with Gasteiger partial charge in [-0.1, -0.05) is 29.8 Å². The molecule has 138 valence electrons. The van der Waals surface area contributed by atoms with E-state index < -0.39 is 0 Å². The van der Waals surface area contributed by atoms with Crippen molar-refractivity contribution in [3.63, 3.8) is 0 Å². The summed E-state index contributed by atoms with van der Waals surface area (Å²) in [7, 11) is 2.98. The van der Waals surface area contributed by atoms with Crippen molar-refractivity contribution < 1.29 is 19.0 Å². The van der Waals surface area contributed by atoms with Gasteiger partial charge in [0.15, 0.2) is 11.5 Å². The minimum Gasteiger partial charge on any atom is -0.493 e. The molecule has 3 aromatic rings. The summed E-state index contributed by atoms with van der Waals surface area (Å²) in [5.41, 5.74) is 0.994. The number of para-hydroxylation sites is 1. The molecule has 0 aliphatic carbocycles. The van der Waals surface area contributed by atoms with Crippen molar-refractivity contribution in [3.05, 3.63) is 77.3 Å². The summed E-state index contributed by atoms with van der Waals surface area (Å²) in [6, 6.07) is 19.7. The molecule has 6 heteroatoms. The van der Waals surface area contributed by atoms with Crippen LogP contribution in [0.15, 0.2) is 66.7 Å². The van der Waals surface area contributed by atoms with Crippen molar-refractivity contribution in [3.8, 4) is 23.0 Å². The van der Waals surface area contributed by atoms with Crippen LogP contribution in [0.2, 0.25) is 5.02 Å². The molecule has 0 radical (unpaired) electrons. The first-order chi connectivity index (χ1) is 13.1. The molecule has 0 heterocycles. The van der Waals surface area contributed by atoms with E-state index in [0.717, 1.165) is 5.75 Å². The molecule has 3 aromatic carbocycles. The first kappa shape index (κ1) is 18.6. The zero-order chi connectivity index (χ0) is 19.2. The van der Waals surface area contributed by atoms with Crippen LogP contribution < -0.4 is 19.5 Å². The molecule has 0 spiro atoms. The summed E-state index contributed by atoms with van der Waals surface area (Å²) in [5.74, 6) is 1.89. The Morgan fingerprint density at radius 2 is 1.56 bits per heavy atom. The lowest BCUT2D eigenvalue weighted by molar-refractivity contribution is 0.102. The van der Waals surface area contributed by atoms with Crippen LogP contribution in [-0.2, 0) is 0 Å². The van der Waals surface area contributed by atoms with Crippen molar-refractivity contribution in [1.82, 2.24) is 0 Å². The summed E-state index contributed by atoms with van der Waals surface area (Å²) in [5, 5.41) is 3.12. The van der Waals surface area contributed by atoms with Crippen molar-refractivity contribution >= 4 is 23.2 Å². The Hall–Kier alpha value is -3.18. The fourth-order valence-corrected chi connectivity index (χ4v) is 2.77. The molecule has 27 heavy (non-hydrogen) atoms. The molecule has 3 rings (SSSR count). The lowest BCUT2D eigenvalue weighted by Gasteiger charge is -2.12. The lowest BCUT2D eigenvalue weighted by atomic mass is 10.1. The average Bonchev–Trinajstić information content (AvgIpc) is 2.69. The molecule has 0 aliphatic rings. The smallest absolute Gasteiger partial charge is 0.255 e. The number of ether oxygens (including phenoxy) is 3. The van der Waals surface area contributed by atoms with E-state index >= 15 is 0 Å². The Labute approximate surface area is 162 Å². The number of carbonyl (C=O) groups is 1. The second-order valence-corrected chi connectivity index (χ2v) is 5.99. The van der Waals surface area contributed by atoms with Crippen LogP contribution in [0.1, 0.15) is 10.4 Å². The monoisotopic (exact) mass is 383 g/mol. The molecule has 0 aliphatic heterocycles. The van der Waals surface area contributed by atoms with E-state index in [4.69, 9.17) is 25.8 Å². The SMILES string of the molecule is COc1cc(C(=O)Nc2ccc(Oc3ccccc3)cc2)cc(Cl)c1OC. The quantitative estimate of drug-likeness (QED) is 0.619. The fourth-order valence-electron chi connectivity index (χ4n) is 2.48. The maximum atomic E-state index is 12.5. The molecular formula is C21H18ClNO4. The second-order valence-electron chi connectivity index (χ2n) is 5.59. The van der Waals surface area contributed by atoms with Crippen molar-refractivity contribution in [2.24, 2.45) is 0 Å². The summed E-state index contributed by atoms with van der Waals surface area (Å²) in [6.45, 7) is 0. The Bertz CT molecular complexity index is 927. The van der Waals surface area contributed by atoms with E-state index in [2.05, 4.69) is 5.32 Å². The standard InChI is InChI=1S/C21H18ClNO4/c1-25-19-13-14(12-18(22)20(19)26-2)21(24)23-15-8-10-17(11-9-15)27-16-6-4-3-5-7-16/h3-13H,1-2H3,(H,23,24). The highest BCUT2D eigenvalue weighted by atomic mass is 35.5. The molecule has 1 amide bonds. The van der Waals surface area contributed by atoms with Gasteiger partial charge in [-0.25, -0.2) is 0 Å². The molecule has 0 unspecified atom stereocenters. The molecule has 0 fully saturated rings. The number of rotatable bonds is 6. The molecule has 0 aromatic heterocycles. The molecule has 0 saturated heterocycles. The number of benzene rings is 3. The van der Waals surface area contributed by atoms with Gasteiger partial charge in [-0.3, -0.25) is 4.79 Å². The zero-order valence-electron chi connectivity index (χ0n) is 14.9. The van der Waals surface area contributed by atoms with E-state index in [1.165, 1.54) is 20.3 Å². The number of halogens is 1. The summed E-state index contributed by atoms with van der Waals surface area (Å²) >= 11 is 6.16. The van der Waals surface area contributed by atoms with E-state index in [1.807, 2.05) is 30.3 Å². The number of hydrogen-bond acceptors (Lipinski definition) is 4. The molecule has 5 nitrogen and oxygen atoms in total. The van der Waals surface area contributed by atoms with Gasteiger partial charge in [0.05, 0.1) is 19.2 Å². The number of anilines is 1. The van der Waals surface area contributed by atoms with Crippen molar-refractivity contribution in [2.45, 2.75) is 0 Å². The average molecular weight is 384 g/mol. The number of amides is 1.